The second kappa shape index (κ2) is 15.5. The average molecular weight is 549 g/mol. The molecule has 0 bridgehead atoms. The smallest absolute Gasteiger partial charge is 0.190 e. The number of aryl methyl sites for hydroxylation is 1. The lowest BCUT2D eigenvalue weighted by Crippen LogP contribution is -2.46. The first-order valence-corrected chi connectivity index (χ1v) is 11.2. The Hall–Kier alpha value is -1.26. The molecule has 0 radical (unpaired) electrons. The van der Waals surface area contributed by atoms with Gasteiger partial charge in [0, 0.05) is 39.8 Å². The van der Waals surface area contributed by atoms with Crippen molar-refractivity contribution in [2.75, 3.05) is 53.5 Å². The third kappa shape index (κ3) is 10.3. The van der Waals surface area contributed by atoms with E-state index in [9.17, 15) is 0 Å². The molecule has 7 nitrogen and oxygen atoms in total. The van der Waals surface area contributed by atoms with E-state index >= 15 is 0 Å². The molecule has 1 aromatic carbocycles. The van der Waals surface area contributed by atoms with Gasteiger partial charge in [0.2, 0.25) is 0 Å². The van der Waals surface area contributed by atoms with Crippen molar-refractivity contribution in [2.24, 2.45) is 4.99 Å². The van der Waals surface area contributed by atoms with Crippen molar-refractivity contribution in [2.45, 2.75) is 52.2 Å². The molecule has 8 heteroatoms. The van der Waals surface area contributed by atoms with Gasteiger partial charge in [0.05, 0.1) is 25.9 Å². The second-order valence-electron chi connectivity index (χ2n) is 7.82. The molecule has 1 aromatic rings. The summed E-state index contributed by atoms with van der Waals surface area (Å²) in [6, 6.07) is 6.15. The molecular weight excluding hydrogens is 507 g/mol. The standard InChI is InChI=1S/C23H40N4O3.HI/c1-6-29-22-15-20(10-11-21(22)28-5)9-7-12-25-23(24-4)26-13-8-14-27-16-18(2)30-19(3)17-27;/h10-11,15,18-19H,6-9,12-14,16-17H2,1-5H3,(H2,24,25,26);1H. The summed E-state index contributed by atoms with van der Waals surface area (Å²) >= 11 is 0. The van der Waals surface area contributed by atoms with Gasteiger partial charge in [-0.15, -0.1) is 24.0 Å². The van der Waals surface area contributed by atoms with Crippen LogP contribution in [0.5, 0.6) is 11.5 Å². The lowest BCUT2D eigenvalue weighted by atomic mass is 10.1. The van der Waals surface area contributed by atoms with Crippen LogP contribution < -0.4 is 20.1 Å². The lowest BCUT2D eigenvalue weighted by molar-refractivity contribution is -0.0679. The number of nitrogens with zero attached hydrogens (tertiary/aromatic N) is 2. The van der Waals surface area contributed by atoms with Gasteiger partial charge < -0.3 is 24.8 Å². The number of aliphatic imine (C=N–C) groups is 1. The van der Waals surface area contributed by atoms with E-state index in [-0.39, 0.29) is 24.0 Å². The Balaban J connectivity index is 0.00000480. The molecule has 0 aromatic heterocycles. The largest absolute Gasteiger partial charge is 0.493 e. The summed E-state index contributed by atoms with van der Waals surface area (Å²) in [7, 11) is 3.49. The minimum absolute atomic E-state index is 0. The number of benzene rings is 1. The Morgan fingerprint density at radius 1 is 1.13 bits per heavy atom. The van der Waals surface area contributed by atoms with E-state index in [2.05, 4.69) is 46.5 Å². The van der Waals surface area contributed by atoms with Gasteiger partial charge in [0.1, 0.15) is 0 Å². The summed E-state index contributed by atoms with van der Waals surface area (Å²) in [4.78, 5) is 6.81. The predicted molar refractivity (Wildman–Crippen MR) is 138 cm³/mol. The number of ether oxygens (including phenoxy) is 3. The average Bonchev–Trinajstić information content (AvgIpc) is 2.72. The van der Waals surface area contributed by atoms with E-state index in [0.29, 0.717) is 18.8 Å². The van der Waals surface area contributed by atoms with Crippen molar-refractivity contribution >= 4 is 29.9 Å². The topological polar surface area (TPSA) is 67.4 Å². The highest BCUT2D eigenvalue weighted by Crippen LogP contribution is 2.28. The molecule has 1 fully saturated rings. The summed E-state index contributed by atoms with van der Waals surface area (Å²) in [5, 5.41) is 6.82. The molecule has 0 spiro atoms. The molecule has 31 heavy (non-hydrogen) atoms. The maximum atomic E-state index is 5.80. The van der Waals surface area contributed by atoms with Crippen LogP contribution in [0.3, 0.4) is 0 Å². The van der Waals surface area contributed by atoms with Crippen LogP contribution in [0.4, 0.5) is 0 Å². The van der Waals surface area contributed by atoms with Crippen LogP contribution >= 0.6 is 24.0 Å². The molecule has 1 saturated heterocycles. The summed E-state index contributed by atoms with van der Waals surface area (Å²) in [5.74, 6) is 2.46. The number of nitrogens with one attached hydrogen (secondary N) is 2. The third-order valence-corrected chi connectivity index (χ3v) is 5.12. The van der Waals surface area contributed by atoms with Crippen LogP contribution in [0.15, 0.2) is 23.2 Å². The summed E-state index contributed by atoms with van der Waals surface area (Å²) < 4.78 is 16.8. The van der Waals surface area contributed by atoms with Gasteiger partial charge in [-0.25, -0.2) is 0 Å². The van der Waals surface area contributed by atoms with Gasteiger partial charge in [-0.2, -0.15) is 0 Å². The molecule has 0 saturated carbocycles. The SMILES string of the molecule is CCOc1cc(CCCNC(=NC)NCCCN2CC(C)OC(C)C2)ccc1OC.I. The van der Waals surface area contributed by atoms with E-state index in [1.165, 1.54) is 5.56 Å². The molecule has 2 N–H and O–H groups in total. The van der Waals surface area contributed by atoms with Gasteiger partial charge in [-0.3, -0.25) is 9.89 Å². The number of hydrogen-bond acceptors (Lipinski definition) is 5. The number of rotatable bonds is 11. The first kappa shape index (κ1) is 27.8. The maximum absolute atomic E-state index is 5.80. The fourth-order valence-electron chi connectivity index (χ4n) is 3.84. The zero-order valence-corrected chi connectivity index (χ0v) is 22.1. The van der Waals surface area contributed by atoms with Gasteiger partial charge >= 0.3 is 0 Å². The Morgan fingerprint density at radius 3 is 2.42 bits per heavy atom. The van der Waals surface area contributed by atoms with Gasteiger partial charge in [0.15, 0.2) is 17.5 Å². The molecule has 1 heterocycles. The molecule has 0 aliphatic carbocycles. The molecule has 2 rings (SSSR count). The molecule has 1 aliphatic heterocycles. The minimum Gasteiger partial charge on any atom is -0.493 e. The zero-order chi connectivity index (χ0) is 21.8. The number of methoxy groups -OCH3 is 1. The third-order valence-electron chi connectivity index (χ3n) is 5.12. The molecule has 2 atom stereocenters. The first-order valence-electron chi connectivity index (χ1n) is 11.2. The van der Waals surface area contributed by atoms with E-state index in [1.54, 1.807) is 7.11 Å². The van der Waals surface area contributed by atoms with Crippen molar-refractivity contribution in [3.05, 3.63) is 23.8 Å². The van der Waals surface area contributed by atoms with Crippen LogP contribution in [-0.4, -0.2) is 76.6 Å². The van der Waals surface area contributed by atoms with Crippen LogP contribution in [0.25, 0.3) is 0 Å². The Kier molecular flexibility index (Phi) is 13.9. The first-order chi connectivity index (χ1) is 14.5. The highest BCUT2D eigenvalue weighted by Gasteiger charge is 2.21. The van der Waals surface area contributed by atoms with Crippen molar-refractivity contribution < 1.29 is 14.2 Å². The predicted octanol–water partition coefficient (Wildman–Crippen LogP) is 3.31. The quantitative estimate of drug-likeness (QED) is 0.192. The number of guanidine groups is 1. The number of morpholine rings is 1. The Labute approximate surface area is 205 Å². The van der Waals surface area contributed by atoms with Crippen LogP contribution in [0, 0.1) is 0 Å². The normalized spacial score (nSPS) is 19.5. The molecular formula is C23H41IN4O3. The summed E-state index contributed by atoms with van der Waals surface area (Å²) in [6.45, 7) is 11.8. The van der Waals surface area contributed by atoms with Crippen molar-refractivity contribution in [3.8, 4) is 11.5 Å². The fourth-order valence-corrected chi connectivity index (χ4v) is 3.84. The number of halogens is 1. The zero-order valence-electron chi connectivity index (χ0n) is 19.8. The minimum atomic E-state index is 0. The molecule has 0 amide bonds. The highest BCUT2D eigenvalue weighted by atomic mass is 127. The summed E-state index contributed by atoms with van der Waals surface area (Å²) in [6.07, 6.45) is 3.73. The molecule has 178 valence electrons. The van der Waals surface area contributed by atoms with Crippen LogP contribution in [0.2, 0.25) is 0 Å². The summed E-state index contributed by atoms with van der Waals surface area (Å²) in [5.41, 5.74) is 1.25. The van der Waals surface area contributed by atoms with Gasteiger partial charge in [-0.1, -0.05) is 6.07 Å². The van der Waals surface area contributed by atoms with Gasteiger partial charge in [-0.05, 0) is 57.7 Å². The Morgan fingerprint density at radius 2 is 1.81 bits per heavy atom. The van der Waals surface area contributed by atoms with Crippen LogP contribution in [0.1, 0.15) is 39.2 Å². The highest BCUT2D eigenvalue weighted by molar-refractivity contribution is 14.0. The van der Waals surface area contributed by atoms with E-state index in [1.807, 2.05) is 20.0 Å². The maximum Gasteiger partial charge on any atom is 0.190 e. The molecule has 2 unspecified atom stereocenters. The fraction of sp³-hybridized carbons (Fsp3) is 0.696. The van der Waals surface area contributed by atoms with E-state index in [4.69, 9.17) is 14.2 Å². The molecule has 1 aliphatic rings. The van der Waals surface area contributed by atoms with Gasteiger partial charge in [0.25, 0.3) is 0 Å². The van der Waals surface area contributed by atoms with Crippen molar-refractivity contribution in [1.29, 1.82) is 0 Å². The monoisotopic (exact) mass is 548 g/mol. The Bertz CT molecular complexity index is 650. The number of hydrogen-bond donors (Lipinski definition) is 2. The van der Waals surface area contributed by atoms with E-state index < -0.39 is 0 Å². The van der Waals surface area contributed by atoms with Crippen molar-refractivity contribution in [1.82, 2.24) is 15.5 Å². The van der Waals surface area contributed by atoms with Crippen LogP contribution in [-0.2, 0) is 11.2 Å². The lowest BCUT2D eigenvalue weighted by Gasteiger charge is -2.35. The second-order valence-corrected chi connectivity index (χ2v) is 7.82. The van der Waals surface area contributed by atoms with Crippen molar-refractivity contribution in [3.63, 3.8) is 0 Å². The van der Waals surface area contributed by atoms with E-state index in [0.717, 1.165) is 69.4 Å².